The summed E-state index contributed by atoms with van der Waals surface area (Å²) in [5.41, 5.74) is -0.799. The van der Waals surface area contributed by atoms with Crippen molar-refractivity contribution in [1.82, 2.24) is 25.2 Å². The monoisotopic (exact) mass is 833 g/mol. The van der Waals surface area contributed by atoms with Gasteiger partial charge in [-0.15, -0.1) is 0 Å². The fourth-order valence-electron chi connectivity index (χ4n) is 7.08. The number of hydrogen-bond acceptors (Lipinski definition) is 11. The van der Waals surface area contributed by atoms with Gasteiger partial charge in [0.05, 0.1) is 13.2 Å². The van der Waals surface area contributed by atoms with Crippen LogP contribution in [0.1, 0.15) is 99.8 Å². The van der Waals surface area contributed by atoms with Crippen LogP contribution >= 0.6 is 0 Å². The van der Waals surface area contributed by atoms with Gasteiger partial charge in [-0.25, -0.2) is 18.0 Å². The molecule has 3 heterocycles. The number of nitrogens with one attached hydrogen (secondary N) is 3. The predicted octanol–water partition coefficient (Wildman–Crippen LogP) is 5.35. The van der Waals surface area contributed by atoms with E-state index in [1.165, 1.54) is 6.07 Å². The average molecular weight is 834 g/mol. The molecule has 16 nitrogen and oxygen atoms in total. The van der Waals surface area contributed by atoms with Gasteiger partial charge in [-0.2, -0.15) is 4.72 Å². The maximum absolute atomic E-state index is 13.7. The molecule has 17 heteroatoms. The van der Waals surface area contributed by atoms with Crippen LogP contribution < -0.4 is 15.4 Å². The number of nitrogens with zero attached hydrogens (tertiary/aromatic N) is 2. The summed E-state index contributed by atoms with van der Waals surface area (Å²) in [6, 6.07) is 6.61. The number of carbonyl (C=O) groups excluding carboxylic acids is 5. The molecule has 0 unspecified atom stereocenters. The highest BCUT2D eigenvalue weighted by atomic mass is 32.2. The molecule has 58 heavy (non-hydrogen) atoms. The summed E-state index contributed by atoms with van der Waals surface area (Å²) >= 11 is 0. The molecule has 2 aliphatic rings. The third-order valence-electron chi connectivity index (χ3n) is 10.2. The van der Waals surface area contributed by atoms with E-state index in [0.29, 0.717) is 61.8 Å². The summed E-state index contributed by atoms with van der Waals surface area (Å²) in [7, 11) is -4.32. The molecular weight excluding hydrogens is 771 g/mol. The lowest BCUT2D eigenvalue weighted by molar-refractivity contribution is -0.145. The average Bonchev–Trinajstić information content (AvgIpc) is 3.60. The number of carbonyl (C=O) groups is 5. The maximum Gasteiger partial charge on any atom is 0.410 e. The van der Waals surface area contributed by atoms with Gasteiger partial charge in [-0.1, -0.05) is 18.2 Å². The molecule has 2 aliphatic heterocycles. The Morgan fingerprint density at radius 2 is 1.33 bits per heavy atom. The molecule has 1 aromatic heterocycles. The molecule has 0 saturated carbocycles. The van der Waals surface area contributed by atoms with Crippen LogP contribution in [0.2, 0.25) is 0 Å². The van der Waals surface area contributed by atoms with Crippen molar-refractivity contribution in [3.63, 3.8) is 0 Å². The van der Waals surface area contributed by atoms with Gasteiger partial charge in [-0.3, -0.25) is 14.4 Å². The van der Waals surface area contributed by atoms with Gasteiger partial charge in [0, 0.05) is 50.1 Å². The first-order valence-corrected chi connectivity index (χ1v) is 21.9. The van der Waals surface area contributed by atoms with Crippen LogP contribution in [0.15, 0.2) is 39.8 Å². The minimum Gasteiger partial charge on any atom is -0.465 e. The SMILES string of the molecule is CCOC(=O)[C@H](CNC(=O)CNC(=O)C(CCC1CCN(C(=O)OC(C)(C)C)CC1)CCC1CCN(C(=O)OC(C)(C)C)CC1)NS(=O)(=O)c1cc2ccccc2o1. The van der Waals surface area contributed by atoms with Crippen LogP contribution in [-0.4, -0.2) is 111 Å². The first-order valence-electron chi connectivity index (χ1n) is 20.4. The van der Waals surface area contributed by atoms with Crippen molar-refractivity contribution < 1.29 is 51.0 Å². The molecule has 0 spiro atoms. The van der Waals surface area contributed by atoms with Crippen molar-refractivity contribution in [3.8, 4) is 0 Å². The molecule has 2 aromatic rings. The quantitative estimate of drug-likeness (QED) is 0.145. The van der Waals surface area contributed by atoms with Crippen molar-refractivity contribution >= 4 is 51.0 Å². The van der Waals surface area contributed by atoms with E-state index in [1.807, 2.05) is 41.5 Å². The van der Waals surface area contributed by atoms with Gasteiger partial charge in [0.25, 0.3) is 10.0 Å². The van der Waals surface area contributed by atoms with Gasteiger partial charge < -0.3 is 39.1 Å². The molecule has 4 rings (SSSR count). The van der Waals surface area contributed by atoms with Crippen LogP contribution in [0.3, 0.4) is 0 Å². The molecule has 1 aromatic carbocycles. The van der Waals surface area contributed by atoms with E-state index in [0.717, 1.165) is 38.5 Å². The van der Waals surface area contributed by atoms with E-state index < -0.39 is 50.8 Å². The highest BCUT2D eigenvalue weighted by Gasteiger charge is 2.32. The van der Waals surface area contributed by atoms with E-state index >= 15 is 0 Å². The Balaban J connectivity index is 1.32. The Morgan fingerprint density at radius 1 is 0.810 bits per heavy atom. The second kappa shape index (κ2) is 20.5. The lowest BCUT2D eigenvalue weighted by Gasteiger charge is -2.34. The van der Waals surface area contributed by atoms with Gasteiger partial charge in [-0.05, 0) is 118 Å². The Kier molecular flexibility index (Phi) is 16.4. The third-order valence-corrected chi connectivity index (χ3v) is 11.5. The highest BCUT2D eigenvalue weighted by molar-refractivity contribution is 7.89. The summed E-state index contributed by atoms with van der Waals surface area (Å²) in [4.78, 5) is 68.1. The highest BCUT2D eigenvalue weighted by Crippen LogP contribution is 2.30. The molecule has 4 amide bonds. The molecule has 0 aliphatic carbocycles. The zero-order valence-electron chi connectivity index (χ0n) is 35.1. The Bertz CT molecular complexity index is 1730. The van der Waals surface area contributed by atoms with Crippen molar-refractivity contribution in [3.05, 3.63) is 30.3 Å². The Labute approximate surface area is 342 Å². The van der Waals surface area contributed by atoms with Gasteiger partial charge in [0.2, 0.25) is 16.9 Å². The molecule has 2 saturated heterocycles. The topological polar surface area (TPSA) is 203 Å². The van der Waals surface area contributed by atoms with Crippen molar-refractivity contribution in [2.24, 2.45) is 17.8 Å². The molecule has 0 radical (unpaired) electrons. The van der Waals surface area contributed by atoms with Crippen LogP contribution in [-0.2, 0) is 38.6 Å². The van der Waals surface area contributed by atoms with E-state index in [2.05, 4.69) is 15.4 Å². The molecule has 2 fully saturated rings. The summed E-state index contributed by atoms with van der Waals surface area (Å²) in [6.45, 7) is 14.1. The van der Waals surface area contributed by atoms with E-state index in [9.17, 15) is 32.4 Å². The number of furan rings is 1. The summed E-state index contributed by atoms with van der Waals surface area (Å²) < 4.78 is 50.2. The first-order chi connectivity index (χ1) is 27.2. The lowest BCUT2D eigenvalue weighted by atomic mass is 9.84. The first kappa shape index (κ1) is 46.3. The van der Waals surface area contributed by atoms with Gasteiger partial charge >= 0.3 is 18.2 Å². The van der Waals surface area contributed by atoms with Gasteiger partial charge in [0.1, 0.15) is 22.8 Å². The molecule has 0 bridgehead atoms. The number of benzene rings is 1. The van der Waals surface area contributed by atoms with Crippen LogP contribution in [0.4, 0.5) is 9.59 Å². The van der Waals surface area contributed by atoms with Crippen LogP contribution in [0, 0.1) is 17.8 Å². The predicted molar refractivity (Wildman–Crippen MR) is 216 cm³/mol. The molecule has 324 valence electrons. The second-order valence-electron chi connectivity index (χ2n) is 17.2. The number of fused-ring (bicyclic) bond motifs is 1. The Hall–Kier alpha value is -4.38. The Morgan fingerprint density at radius 3 is 1.81 bits per heavy atom. The van der Waals surface area contributed by atoms with Crippen LogP contribution in [0.25, 0.3) is 11.0 Å². The van der Waals surface area contributed by atoms with Gasteiger partial charge in [0.15, 0.2) is 0 Å². The van der Waals surface area contributed by atoms with E-state index in [-0.39, 0.29) is 37.2 Å². The number of rotatable bonds is 16. The number of ether oxygens (including phenoxy) is 3. The summed E-state index contributed by atoms with van der Waals surface area (Å²) in [6.07, 6.45) is 5.26. The van der Waals surface area contributed by atoms with Crippen LogP contribution in [0.5, 0.6) is 0 Å². The number of hydrogen-bond donors (Lipinski definition) is 3. The number of para-hydroxylation sites is 1. The number of esters is 1. The maximum atomic E-state index is 13.7. The van der Waals surface area contributed by atoms with Crippen molar-refractivity contribution in [2.75, 3.05) is 45.9 Å². The number of likely N-dealkylation sites (tertiary alicyclic amines) is 2. The standard InChI is InChI=1S/C41H63N5O11S/c1-8-54-37(49)32(44-58(52,53)35-25-31-11-9-10-12-33(31)55-35)26-42-34(47)27-43-36(48)30(15-13-28-17-21-45(22-18-28)38(50)56-40(2,3)4)16-14-29-19-23-46(24-20-29)39(51)57-41(5,6)7/h9-12,25,28-30,32,44H,8,13-24,26-27H2,1-7H3,(H,42,47)(H,43,48)/t32-/m0/s1. The molecular formula is C41H63N5O11S. The summed E-state index contributed by atoms with van der Waals surface area (Å²) in [5, 5.41) is 5.46. The largest absolute Gasteiger partial charge is 0.465 e. The second-order valence-corrected chi connectivity index (χ2v) is 18.9. The lowest BCUT2D eigenvalue weighted by Crippen LogP contribution is -2.50. The fourth-order valence-corrected chi connectivity index (χ4v) is 8.23. The normalized spacial score (nSPS) is 16.6. The number of piperidine rings is 2. The zero-order valence-corrected chi connectivity index (χ0v) is 35.9. The molecule has 3 N–H and O–H groups in total. The van der Waals surface area contributed by atoms with Crippen molar-refractivity contribution in [1.29, 1.82) is 0 Å². The van der Waals surface area contributed by atoms with E-state index in [1.54, 1.807) is 41.0 Å². The smallest absolute Gasteiger partial charge is 0.410 e. The van der Waals surface area contributed by atoms with E-state index in [4.69, 9.17) is 18.6 Å². The fraction of sp³-hybridized carbons (Fsp3) is 0.683. The number of sulfonamides is 1. The zero-order chi connectivity index (χ0) is 42.7. The summed E-state index contributed by atoms with van der Waals surface area (Å²) in [5.74, 6) is -1.53. The minimum atomic E-state index is -4.32. The molecule has 1 atom stereocenters. The van der Waals surface area contributed by atoms with Crippen molar-refractivity contribution in [2.45, 2.75) is 122 Å². The number of amides is 4. The minimum absolute atomic E-state index is 0.0151. The third kappa shape index (κ3) is 14.8.